The Bertz CT molecular complexity index is 647. The van der Waals surface area contributed by atoms with Gasteiger partial charge in [0.2, 0.25) is 5.91 Å². The largest absolute Gasteiger partial charge is 0.306 e. The molecule has 1 amide bonds. The molecule has 3 rings (SSSR count). The molecule has 2 aromatic heterocycles. The van der Waals surface area contributed by atoms with E-state index in [0.29, 0.717) is 11.0 Å². The topological polar surface area (TPSA) is 72.7 Å². The van der Waals surface area contributed by atoms with Crippen LogP contribution in [0, 0.1) is 0 Å². The van der Waals surface area contributed by atoms with Gasteiger partial charge in [-0.05, 0) is 19.8 Å². The van der Waals surface area contributed by atoms with Crippen molar-refractivity contribution in [1.29, 1.82) is 0 Å². The molecule has 0 unspecified atom stereocenters. The number of rotatable bonds is 6. The molecule has 0 aromatic carbocycles. The smallest absolute Gasteiger partial charge is 0.223 e. The normalized spacial score (nSPS) is 14.4. The first kappa shape index (κ1) is 14.5. The molecule has 0 atom stereocenters. The van der Waals surface area contributed by atoms with Crippen LogP contribution in [0.3, 0.4) is 0 Å². The molecule has 1 saturated carbocycles. The van der Waals surface area contributed by atoms with Gasteiger partial charge < -0.3 is 9.88 Å². The zero-order chi connectivity index (χ0) is 14.8. The highest BCUT2D eigenvalue weighted by atomic mass is 32.2. The van der Waals surface area contributed by atoms with Gasteiger partial charge in [0, 0.05) is 30.5 Å². The number of thioether (sulfide) groups is 1. The number of thiazole rings is 1. The van der Waals surface area contributed by atoms with Crippen molar-refractivity contribution >= 4 is 34.1 Å². The molecule has 21 heavy (non-hydrogen) atoms. The molecule has 1 aliphatic rings. The predicted octanol–water partition coefficient (Wildman–Crippen LogP) is 2.88. The Kier molecular flexibility index (Phi) is 4.25. The van der Waals surface area contributed by atoms with E-state index in [1.807, 2.05) is 5.38 Å². The van der Waals surface area contributed by atoms with Crippen LogP contribution in [0.4, 0.5) is 5.13 Å². The van der Waals surface area contributed by atoms with Gasteiger partial charge in [-0.2, -0.15) is 0 Å². The first-order valence-electron chi connectivity index (χ1n) is 6.95. The number of carbonyl (C=O) groups is 1. The molecule has 0 spiro atoms. The standard InChI is InChI=1S/C13H17N5OS2/c1-3-18-11(9-4-5-9)16-17-13(18)21-7-10-6-20-12(15-10)14-8(2)19/h6,9H,3-5,7H2,1-2H3,(H,14,15,19). The lowest BCUT2D eigenvalue weighted by Gasteiger charge is -2.05. The van der Waals surface area contributed by atoms with Crippen LogP contribution < -0.4 is 5.32 Å². The molecule has 0 saturated heterocycles. The average molecular weight is 323 g/mol. The zero-order valence-corrected chi connectivity index (χ0v) is 13.6. The van der Waals surface area contributed by atoms with E-state index in [9.17, 15) is 4.79 Å². The van der Waals surface area contributed by atoms with Crippen LogP contribution in [0.25, 0.3) is 0 Å². The van der Waals surface area contributed by atoms with Crippen molar-refractivity contribution in [2.45, 2.75) is 50.1 Å². The van der Waals surface area contributed by atoms with Gasteiger partial charge in [0.15, 0.2) is 10.3 Å². The van der Waals surface area contributed by atoms with E-state index >= 15 is 0 Å². The highest BCUT2D eigenvalue weighted by Gasteiger charge is 2.29. The molecule has 1 aliphatic carbocycles. The van der Waals surface area contributed by atoms with Gasteiger partial charge in [0.25, 0.3) is 0 Å². The highest BCUT2D eigenvalue weighted by molar-refractivity contribution is 7.98. The van der Waals surface area contributed by atoms with Crippen LogP contribution in [0.5, 0.6) is 0 Å². The second-order valence-electron chi connectivity index (χ2n) is 4.97. The maximum absolute atomic E-state index is 11.0. The second-order valence-corrected chi connectivity index (χ2v) is 6.77. The first-order valence-corrected chi connectivity index (χ1v) is 8.81. The summed E-state index contributed by atoms with van der Waals surface area (Å²) in [7, 11) is 0. The molecule has 6 nitrogen and oxygen atoms in total. The highest BCUT2D eigenvalue weighted by Crippen LogP contribution is 2.40. The molecule has 0 radical (unpaired) electrons. The van der Waals surface area contributed by atoms with E-state index < -0.39 is 0 Å². The Morgan fingerprint density at radius 1 is 1.52 bits per heavy atom. The quantitative estimate of drug-likeness (QED) is 0.828. The second kappa shape index (κ2) is 6.15. The van der Waals surface area contributed by atoms with Crippen molar-refractivity contribution < 1.29 is 4.79 Å². The molecule has 0 bridgehead atoms. The van der Waals surface area contributed by atoms with Crippen LogP contribution >= 0.6 is 23.1 Å². The summed E-state index contributed by atoms with van der Waals surface area (Å²) in [6.07, 6.45) is 2.46. The number of nitrogens with one attached hydrogen (secondary N) is 1. The molecular weight excluding hydrogens is 306 g/mol. The van der Waals surface area contributed by atoms with Crippen LogP contribution in [-0.4, -0.2) is 25.7 Å². The Labute approximate surface area is 131 Å². The monoisotopic (exact) mass is 323 g/mol. The molecule has 2 aromatic rings. The van der Waals surface area contributed by atoms with Gasteiger partial charge in [-0.3, -0.25) is 4.79 Å². The summed E-state index contributed by atoms with van der Waals surface area (Å²) in [6, 6.07) is 0. The Morgan fingerprint density at radius 3 is 3.00 bits per heavy atom. The van der Waals surface area contributed by atoms with Gasteiger partial charge in [0.05, 0.1) is 5.69 Å². The number of nitrogens with zero attached hydrogens (tertiary/aromatic N) is 4. The van der Waals surface area contributed by atoms with E-state index in [-0.39, 0.29) is 5.91 Å². The Hall–Kier alpha value is -1.41. The van der Waals surface area contributed by atoms with Crippen molar-refractivity contribution in [3.63, 3.8) is 0 Å². The lowest BCUT2D eigenvalue weighted by molar-refractivity contribution is -0.114. The molecule has 8 heteroatoms. The van der Waals surface area contributed by atoms with Crippen molar-refractivity contribution in [3.05, 3.63) is 16.9 Å². The maximum Gasteiger partial charge on any atom is 0.223 e. The minimum Gasteiger partial charge on any atom is -0.306 e. The fraction of sp³-hybridized carbons (Fsp3) is 0.538. The lowest BCUT2D eigenvalue weighted by Crippen LogP contribution is -2.05. The number of carbonyl (C=O) groups excluding carboxylic acids is 1. The van der Waals surface area contributed by atoms with Crippen molar-refractivity contribution in [3.8, 4) is 0 Å². The van der Waals surface area contributed by atoms with Crippen LogP contribution in [-0.2, 0) is 17.1 Å². The van der Waals surface area contributed by atoms with Gasteiger partial charge in [-0.25, -0.2) is 4.98 Å². The Morgan fingerprint density at radius 2 is 2.33 bits per heavy atom. The average Bonchev–Trinajstić information content (AvgIpc) is 3.06. The summed E-state index contributed by atoms with van der Waals surface area (Å²) in [5, 5.41) is 14.9. The molecule has 1 fully saturated rings. The van der Waals surface area contributed by atoms with Crippen molar-refractivity contribution in [1.82, 2.24) is 19.7 Å². The van der Waals surface area contributed by atoms with Crippen LogP contribution in [0.2, 0.25) is 0 Å². The maximum atomic E-state index is 11.0. The summed E-state index contributed by atoms with van der Waals surface area (Å²) in [5.41, 5.74) is 0.951. The number of hydrogen-bond donors (Lipinski definition) is 1. The third-order valence-electron chi connectivity index (χ3n) is 3.19. The van der Waals surface area contributed by atoms with E-state index in [1.165, 1.54) is 31.1 Å². The molecule has 1 N–H and O–H groups in total. The number of amides is 1. The zero-order valence-electron chi connectivity index (χ0n) is 12.0. The van der Waals surface area contributed by atoms with E-state index in [0.717, 1.165) is 29.0 Å². The third-order valence-corrected chi connectivity index (χ3v) is 4.99. The van der Waals surface area contributed by atoms with Crippen LogP contribution in [0.1, 0.15) is 44.1 Å². The minimum absolute atomic E-state index is 0.0941. The predicted molar refractivity (Wildman–Crippen MR) is 83.6 cm³/mol. The van der Waals surface area contributed by atoms with Gasteiger partial charge in [0.1, 0.15) is 5.82 Å². The SMILES string of the molecule is CCn1c(SCc2csc(NC(C)=O)n2)nnc1C1CC1. The van der Waals surface area contributed by atoms with E-state index in [4.69, 9.17) is 0 Å². The minimum atomic E-state index is -0.0941. The number of anilines is 1. The van der Waals surface area contributed by atoms with Crippen LogP contribution in [0.15, 0.2) is 10.5 Å². The molecular formula is C13H17N5OS2. The van der Waals surface area contributed by atoms with E-state index in [1.54, 1.807) is 11.8 Å². The van der Waals surface area contributed by atoms with E-state index in [2.05, 4.69) is 32.0 Å². The first-order chi connectivity index (χ1) is 10.2. The Balaban J connectivity index is 1.64. The number of aromatic nitrogens is 4. The van der Waals surface area contributed by atoms with Gasteiger partial charge >= 0.3 is 0 Å². The molecule has 112 valence electrons. The number of hydrogen-bond acceptors (Lipinski definition) is 6. The summed E-state index contributed by atoms with van der Waals surface area (Å²) in [4.78, 5) is 15.4. The third kappa shape index (κ3) is 3.44. The summed E-state index contributed by atoms with van der Waals surface area (Å²) >= 11 is 3.09. The fourth-order valence-electron chi connectivity index (χ4n) is 2.07. The lowest BCUT2D eigenvalue weighted by atomic mass is 10.4. The van der Waals surface area contributed by atoms with Crippen molar-refractivity contribution in [2.75, 3.05) is 5.32 Å². The molecule has 2 heterocycles. The summed E-state index contributed by atoms with van der Waals surface area (Å²) < 4.78 is 2.20. The summed E-state index contributed by atoms with van der Waals surface area (Å²) in [5.74, 6) is 2.37. The van der Waals surface area contributed by atoms with Crippen molar-refractivity contribution in [2.24, 2.45) is 0 Å². The summed E-state index contributed by atoms with van der Waals surface area (Å²) in [6.45, 7) is 4.51. The fourth-order valence-corrected chi connectivity index (χ4v) is 3.83. The van der Waals surface area contributed by atoms with Gasteiger partial charge in [-0.1, -0.05) is 11.8 Å². The molecule has 0 aliphatic heterocycles. The van der Waals surface area contributed by atoms with Gasteiger partial charge in [-0.15, -0.1) is 21.5 Å².